The number of nitro benzene ring substituents is 1. The van der Waals surface area contributed by atoms with Crippen LogP contribution in [0.3, 0.4) is 0 Å². The molecule has 0 aliphatic carbocycles. The Hall–Kier alpha value is -5.53. The second kappa shape index (κ2) is 11.5. The first-order valence-electron chi connectivity index (χ1n) is 11.9. The Balaban J connectivity index is 1.78. The van der Waals surface area contributed by atoms with E-state index in [9.17, 15) is 42.1 Å². The summed E-state index contributed by atoms with van der Waals surface area (Å²) in [5, 5.41) is 13.6. The summed E-state index contributed by atoms with van der Waals surface area (Å²) in [7, 11) is 1.23. The fraction of sp³-hybridized carbons (Fsp3) is 0.107. The van der Waals surface area contributed by atoms with Crippen LogP contribution in [-0.2, 0) is 22.2 Å². The van der Waals surface area contributed by atoms with Gasteiger partial charge in [0.15, 0.2) is 11.5 Å². The van der Waals surface area contributed by atoms with Crippen molar-refractivity contribution >= 4 is 35.3 Å². The van der Waals surface area contributed by atoms with Gasteiger partial charge < -0.3 is 9.47 Å². The molecule has 42 heavy (non-hydrogen) atoms. The standard InChI is InChI=1S/C28H19F4N3O7/c1-3-4-16-11-15(12-20-25(36)33-27(38)34(26(20)37)19-8-6-18(29)7-9-19)13-23(41-2)24(16)42-22-10-5-17(28(30,31)32)14-21(22)35(39)40/h3,5-14H,1,4H2,2H3,(H,33,36,38)/b20-12+. The normalized spacial score (nSPS) is 14.5. The van der Waals surface area contributed by atoms with Crippen molar-refractivity contribution in [1.29, 1.82) is 0 Å². The number of halogens is 4. The number of alkyl halides is 3. The molecule has 0 radical (unpaired) electrons. The Morgan fingerprint density at radius 3 is 2.33 bits per heavy atom. The summed E-state index contributed by atoms with van der Waals surface area (Å²) in [6, 6.07) is 7.89. The molecule has 216 valence electrons. The number of imide groups is 2. The van der Waals surface area contributed by atoms with Crippen molar-refractivity contribution in [3.05, 3.63) is 105 Å². The molecular weight excluding hydrogens is 566 g/mol. The van der Waals surface area contributed by atoms with Gasteiger partial charge in [-0.3, -0.25) is 25.0 Å². The number of urea groups is 1. The average Bonchev–Trinajstić information content (AvgIpc) is 2.92. The number of carbonyl (C=O) groups is 3. The van der Waals surface area contributed by atoms with Gasteiger partial charge in [-0.15, -0.1) is 6.58 Å². The fourth-order valence-corrected chi connectivity index (χ4v) is 4.02. The molecule has 3 aromatic carbocycles. The first-order valence-corrected chi connectivity index (χ1v) is 11.9. The maximum atomic E-state index is 13.4. The zero-order valence-electron chi connectivity index (χ0n) is 21.5. The van der Waals surface area contributed by atoms with Crippen LogP contribution in [0.4, 0.5) is 33.7 Å². The fourth-order valence-electron chi connectivity index (χ4n) is 4.02. The van der Waals surface area contributed by atoms with E-state index in [1.807, 2.05) is 5.32 Å². The molecule has 1 saturated heterocycles. The van der Waals surface area contributed by atoms with E-state index in [0.717, 1.165) is 24.3 Å². The number of benzene rings is 3. The molecule has 1 heterocycles. The number of hydrogen-bond acceptors (Lipinski definition) is 7. The number of rotatable bonds is 8. The quantitative estimate of drug-likeness (QED) is 0.0864. The Kier molecular flexibility index (Phi) is 8.08. The number of anilines is 1. The molecule has 0 aromatic heterocycles. The van der Waals surface area contributed by atoms with Gasteiger partial charge in [0.1, 0.15) is 11.4 Å². The molecular formula is C28H19F4N3O7. The summed E-state index contributed by atoms with van der Waals surface area (Å²) in [6.45, 7) is 3.64. The second-order valence-corrected chi connectivity index (χ2v) is 8.68. The summed E-state index contributed by atoms with van der Waals surface area (Å²) in [4.78, 5) is 49.4. The van der Waals surface area contributed by atoms with Crippen molar-refractivity contribution in [1.82, 2.24) is 5.32 Å². The summed E-state index contributed by atoms with van der Waals surface area (Å²) >= 11 is 0. The predicted molar refractivity (Wildman–Crippen MR) is 140 cm³/mol. The Morgan fingerprint density at radius 1 is 1.05 bits per heavy atom. The third-order valence-corrected chi connectivity index (χ3v) is 5.93. The molecule has 0 bridgehead atoms. The van der Waals surface area contributed by atoms with Crippen molar-refractivity contribution in [3.8, 4) is 17.2 Å². The first kappa shape index (κ1) is 29.5. The molecule has 10 nitrogen and oxygen atoms in total. The number of amides is 4. The van der Waals surface area contributed by atoms with Gasteiger partial charge in [-0.05, 0) is 66.6 Å². The number of nitrogens with zero attached hydrogens (tertiary/aromatic N) is 2. The van der Waals surface area contributed by atoms with Gasteiger partial charge in [-0.2, -0.15) is 13.2 Å². The number of hydrogen-bond donors (Lipinski definition) is 1. The highest BCUT2D eigenvalue weighted by molar-refractivity contribution is 6.39. The zero-order chi connectivity index (χ0) is 30.8. The topological polar surface area (TPSA) is 128 Å². The Bertz CT molecular complexity index is 1650. The monoisotopic (exact) mass is 585 g/mol. The van der Waals surface area contributed by atoms with Gasteiger partial charge in [-0.1, -0.05) is 6.08 Å². The van der Waals surface area contributed by atoms with E-state index in [1.54, 1.807) is 0 Å². The van der Waals surface area contributed by atoms with Crippen LogP contribution < -0.4 is 19.7 Å². The summed E-state index contributed by atoms with van der Waals surface area (Å²) in [6.07, 6.45) is -2.17. The SMILES string of the molecule is C=CCc1cc(/C=C2\C(=O)NC(=O)N(c3ccc(F)cc3)C2=O)cc(OC)c1Oc1ccc(C(F)(F)F)cc1[N+](=O)[O-]. The van der Waals surface area contributed by atoms with Crippen LogP contribution in [-0.4, -0.2) is 29.9 Å². The van der Waals surface area contributed by atoms with Crippen molar-refractivity contribution < 1.29 is 46.3 Å². The highest BCUT2D eigenvalue weighted by Crippen LogP contribution is 2.42. The molecule has 0 saturated carbocycles. The maximum Gasteiger partial charge on any atom is 0.416 e. The Morgan fingerprint density at radius 2 is 1.74 bits per heavy atom. The van der Waals surface area contributed by atoms with Crippen molar-refractivity contribution in [2.45, 2.75) is 12.6 Å². The van der Waals surface area contributed by atoms with Gasteiger partial charge in [0.25, 0.3) is 11.8 Å². The third-order valence-electron chi connectivity index (χ3n) is 5.93. The minimum atomic E-state index is -4.83. The van der Waals surface area contributed by atoms with E-state index >= 15 is 0 Å². The zero-order valence-corrected chi connectivity index (χ0v) is 21.5. The summed E-state index contributed by atoms with van der Waals surface area (Å²) < 4.78 is 63.8. The molecule has 3 aromatic rings. The van der Waals surface area contributed by atoms with E-state index < -0.39 is 57.3 Å². The minimum absolute atomic E-state index is 0.00381. The smallest absolute Gasteiger partial charge is 0.416 e. The molecule has 0 spiro atoms. The molecule has 1 N–H and O–H groups in total. The largest absolute Gasteiger partial charge is 0.493 e. The van der Waals surface area contributed by atoms with E-state index in [-0.39, 0.29) is 34.7 Å². The molecule has 4 amide bonds. The van der Waals surface area contributed by atoms with Crippen molar-refractivity contribution in [3.63, 3.8) is 0 Å². The van der Waals surface area contributed by atoms with Gasteiger partial charge >= 0.3 is 17.9 Å². The molecule has 14 heteroatoms. The van der Waals surface area contributed by atoms with Crippen molar-refractivity contribution in [2.24, 2.45) is 0 Å². The van der Waals surface area contributed by atoms with Crippen molar-refractivity contribution in [2.75, 3.05) is 12.0 Å². The van der Waals surface area contributed by atoms with E-state index in [2.05, 4.69) is 6.58 Å². The molecule has 1 fully saturated rings. The lowest BCUT2D eigenvalue weighted by molar-refractivity contribution is -0.385. The van der Waals surface area contributed by atoms with Gasteiger partial charge in [0, 0.05) is 11.6 Å². The van der Waals surface area contributed by atoms with E-state index in [0.29, 0.717) is 17.0 Å². The van der Waals surface area contributed by atoms with E-state index in [1.165, 1.54) is 37.5 Å². The first-order chi connectivity index (χ1) is 19.8. The number of carbonyl (C=O) groups excluding carboxylic acids is 3. The highest BCUT2D eigenvalue weighted by atomic mass is 19.4. The lowest BCUT2D eigenvalue weighted by Gasteiger charge is -2.26. The number of barbiturate groups is 1. The molecule has 1 aliphatic rings. The summed E-state index contributed by atoms with van der Waals surface area (Å²) in [5.41, 5.74) is -2.17. The molecule has 0 atom stereocenters. The predicted octanol–water partition coefficient (Wildman–Crippen LogP) is 5.95. The van der Waals surface area contributed by atoms with Crippen LogP contribution in [0, 0.1) is 15.9 Å². The van der Waals surface area contributed by atoms with Gasteiger partial charge in [0.2, 0.25) is 5.75 Å². The van der Waals surface area contributed by atoms with Crippen LogP contribution in [0.1, 0.15) is 16.7 Å². The van der Waals surface area contributed by atoms with Gasteiger partial charge in [0.05, 0.1) is 23.3 Å². The van der Waals surface area contributed by atoms with Crippen LogP contribution in [0.5, 0.6) is 17.2 Å². The molecule has 0 unspecified atom stereocenters. The number of ether oxygens (including phenoxy) is 2. The number of methoxy groups -OCH3 is 1. The number of nitrogens with one attached hydrogen (secondary N) is 1. The second-order valence-electron chi connectivity index (χ2n) is 8.68. The molecule has 1 aliphatic heterocycles. The number of nitro groups is 1. The Labute approximate surface area is 234 Å². The number of allylic oxidation sites excluding steroid dienone is 1. The average molecular weight is 585 g/mol. The van der Waals surface area contributed by atoms with Gasteiger partial charge in [-0.25, -0.2) is 14.1 Å². The summed E-state index contributed by atoms with van der Waals surface area (Å²) in [5.74, 6) is -3.26. The molecule has 4 rings (SSSR count). The van der Waals surface area contributed by atoms with Crippen LogP contribution >= 0.6 is 0 Å². The van der Waals surface area contributed by atoms with Crippen LogP contribution in [0.25, 0.3) is 6.08 Å². The minimum Gasteiger partial charge on any atom is -0.493 e. The van der Waals surface area contributed by atoms with Crippen LogP contribution in [0.15, 0.2) is 72.8 Å². The highest BCUT2D eigenvalue weighted by Gasteiger charge is 2.37. The third kappa shape index (κ3) is 5.96. The van der Waals surface area contributed by atoms with E-state index in [4.69, 9.17) is 9.47 Å². The lowest BCUT2D eigenvalue weighted by atomic mass is 10.0. The maximum absolute atomic E-state index is 13.4. The van der Waals surface area contributed by atoms with Crippen LogP contribution in [0.2, 0.25) is 0 Å². The lowest BCUT2D eigenvalue weighted by Crippen LogP contribution is -2.54.